The van der Waals surface area contributed by atoms with Gasteiger partial charge in [0.05, 0.1) is 0 Å². The van der Waals surface area contributed by atoms with Crippen molar-refractivity contribution in [1.82, 2.24) is 0 Å². The molecule has 6 heteroatoms. The highest BCUT2D eigenvalue weighted by Gasteiger charge is 2.19. The molecule has 1 atom stereocenters. The molecular formula is C64H98O6. The number of hydrogen-bond acceptors (Lipinski definition) is 6. The molecule has 70 heavy (non-hydrogen) atoms. The van der Waals surface area contributed by atoms with Crippen LogP contribution in [-0.4, -0.2) is 37.2 Å². The number of carbonyl (C=O) groups is 3. The maximum absolute atomic E-state index is 12.8. The summed E-state index contributed by atoms with van der Waals surface area (Å²) in [5, 5.41) is 0. The first-order valence-electron chi connectivity index (χ1n) is 27.5. The van der Waals surface area contributed by atoms with Gasteiger partial charge in [-0.3, -0.25) is 14.4 Å². The molecule has 1 unspecified atom stereocenters. The van der Waals surface area contributed by atoms with Gasteiger partial charge < -0.3 is 14.2 Å². The van der Waals surface area contributed by atoms with Gasteiger partial charge in [0.2, 0.25) is 0 Å². The SMILES string of the molecule is CC/C=C\C/C=C\C/C=C\C/C=C\C/C=C\C/C=C\C/C=C\CCCC(=O)OCC(COC(=O)CC/C=C\C/C=C\C/C=C\C/C=C\CC)OC(=O)CCCCCCC/C=C\C/C=C\CCCCCC. The van der Waals surface area contributed by atoms with Crippen LogP contribution in [0.4, 0.5) is 0 Å². The minimum atomic E-state index is -0.846. The first-order valence-corrected chi connectivity index (χ1v) is 27.5. The number of hydrogen-bond donors (Lipinski definition) is 0. The maximum Gasteiger partial charge on any atom is 0.306 e. The predicted octanol–water partition coefficient (Wildman–Crippen LogP) is 18.6. The zero-order valence-electron chi connectivity index (χ0n) is 44.5. The second-order valence-electron chi connectivity index (χ2n) is 17.4. The Labute approximate surface area is 429 Å². The van der Waals surface area contributed by atoms with Gasteiger partial charge in [0.25, 0.3) is 0 Å². The van der Waals surface area contributed by atoms with Crippen LogP contribution >= 0.6 is 0 Å². The van der Waals surface area contributed by atoms with Crippen LogP contribution in [0.5, 0.6) is 0 Å². The molecule has 0 saturated carbocycles. The van der Waals surface area contributed by atoms with Crippen LogP contribution in [0.25, 0.3) is 0 Å². The molecule has 390 valence electrons. The van der Waals surface area contributed by atoms with Crippen LogP contribution in [0, 0.1) is 0 Å². The molecule has 0 N–H and O–H groups in total. The van der Waals surface area contributed by atoms with E-state index in [4.69, 9.17) is 14.2 Å². The van der Waals surface area contributed by atoms with Crippen LogP contribution in [0.15, 0.2) is 158 Å². The third-order valence-electron chi connectivity index (χ3n) is 10.8. The van der Waals surface area contributed by atoms with E-state index in [1.165, 1.54) is 32.1 Å². The highest BCUT2D eigenvalue weighted by molar-refractivity contribution is 5.71. The van der Waals surface area contributed by atoms with Gasteiger partial charge >= 0.3 is 17.9 Å². The third kappa shape index (κ3) is 54.0. The summed E-state index contributed by atoms with van der Waals surface area (Å²) in [5.41, 5.74) is 0. The average molecular weight is 963 g/mol. The van der Waals surface area contributed by atoms with Gasteiger partial charge in [0, 0.05) is 19.3 Å². The molecule has 0 radical (unpaired) electrons. The fourth-order valence-corrected chi connectivity index (χ4v) is 6.71. The normalized spacial score (nSPS) is 13.4. The maximum atomic E-state index is 12.8. The van der Waals surface area contributed by atoms with E-state index in [2.05, 4.69) is 167 Å². The van der Waals surface area contributed by atoms with Crippen molar-refractivity contribution in [2.75, 3.05) is 13.2 Å². The summed E-state index contributed by atoms with van der Waals surface area (Å²) < 4.78 is 16.7. The van der Waals surface area contributed by atoms with E-state index in [-0.39, 0.29) is 50.4 Å². The lowest BCUT2D eigenvalue weighted by molar-refractivity contribution is -0.166. The zero-order chi connectivity index (χ0) is 50.7. The molecule has 0 aliphatic carbocycles. The van der Waals surface area contributed by atoms with Gasteiger partial charge in [-0.1, -0.05) is 217 Å². The summed E-state index contributed by atoms with van der Waals surface area (Å²) in [6, 6.07) is 0. The third-order valence-corrected chi connectivity index (χ3v) is 10.8. The summed E-state index contributed by atoms with van der Waals surface area (Å²) in [4.78, 5) is 38.0. The minimum Gasteiger partial charge on any atom is -0.462 e. The lowest BCUT2D eigenvalue weighted by Gasteiger charge is -2.18. The van der Waals surface area contributed by atoms with E-state index in [0.717, 1.165) is 122 Å². The molecule has 0 aliphatic heterocycles. The molecule has 6 nitrogen and oxygen atoms in total. The lowest BCUT2D eigenvalue weighted by Crippen LogP contribution is -2.30. The number of unbranched alkanes of at least 4 members (excludes halogenated alkanes) is 10. The van der Waals surface area contributed by atoms with E-state index in [0.29, 0.717) is 12.8 Å². The van der Waals surface area contributed by atoms with E-state index < -0.39 is 6.10 Å². The van der Waals surface area contributed by atoms with Gasteiger partial charge in [-0.2, -0.15) is 0 Å². The molecule has 0 amide bonds. The largest absolute Gasteiger partial charge is 0.462 e. The number of carbonyl (C=O) groups excluding carboxylic acids is 3. The minimum absolute atomic E-state index is 0.143. The molecule has 0 fully saturated rings. The first-order chi connectivity index (χ1) is 34.5. The van der Waals surface area contributed by atoms with E-state index in [9.17, 15) is 14.4 Å². The van der Waals surface area contributed by atoms with E-state index in [1.807, 2.05) is 12.2 Å². The molecular weight excluding hydrogens is 865 g/mol. The van der Waals surface area contributed by atoms with E-state index >= 15 is 0 Å². The van der Waals surface area contributed by atoms with Crippen LogP contribution in [0.2, 0.25) is 0 Å². The Bertz CT molecular complexity index is 1620. The first kappa shape index (κ1) is 65.0. The number of esters is 3. The molecule has 0 spiro atoms. The van der Waals surface area contributed by atoms with Crippen LogP contribution < -0.4 is 0 Å². The number of rotatable bonds is 47. The van der Waals surface area contributed by atoms with Crippen LogP contribution in [0.1, 0.15) is 207 Å². The fraction of sp³-hybridized carbons (Fsp3) is 0.547. The lowest BCUT2D eigenvalue weighted by atomic mass is 10.1. The Hall–Kier alpha value is -4.97. The highest BCUT2D eigenvalue weighted by atomic mass is 16.6. The monoisotopic (exact) mass is 963 g/mol. The molecule has 0 aromatic rings. The topological polar surface area (TPSA) is 78.9 Å². The van der Waals surface area contributed by atoms with Crippen molar-refractivity contribution in [3.05, 3.63) is 158 Å². The van der Waals surface area contributed by atoms with E-state index in [1.54, 1.807) is 0 Å². The summed E-state index contributed by atoms with van der Waals surface area (Å²) in [5.74, 6) is -1.11. The van der Waals surface area contributed by atoms with Crippen molar-refractivity contribution in [2.45, 2.75) is 213 Å². The molecule has 0 rings (SSSR count). The molecule has 0 bridgehead atoms. The van der Waals surface area contributed by atoms with Gasteiger partial charge in [-0.25, -0.2) is 0 Å². The Morgan fingerprint density at radius 2 is 0.600 bits per heavy atom. The fourth-order valence-electron chi connectivity index (χ4n) is 6.71. The molecule has 0 heterocycles. The summed E-state index contributed by atoms with van der Waals surface area (Å²) >= 11 is 0. The quantitative estimate of drug-likeness (QED) is 0.0262. The van der Waals surface area contributed by atoms with Gasteiger partial charge in [0.15, 0.2) is 6.10 Å². The number of allylic oxidation sites excluding steroid dienone is 26. The Balaban J connectivity index is 4.59. The van der Waals surface area contributed by atoms with Crippen LogP contribution in [-0.2, 0) is 28.6 Å². The van der Waals surface area contributed by atoms with Crippen molar-refractivity contribution in [2.24, 2.45) is 0 Å². The Morgan fingerprint density at radius 3 is 1.00 bits per heavy atom. The Kier molecular flexibility index (Phi) is 52.6. The Morgan fingerprint density at radius 1 is 0.300 bits per heavy atom. The van der Waals surface area contributed by atoms with Gasteiger partial charge in [0.1, 0.15) is 13.2 Å². The summed E-state index contributed by atoms with van der Waals surface area (Å²) in [6.07, 6.45) is 82.5. The van der Waals surface area contributed by atoms with Crippen LogP contribution in [0.3, 0.4) is 0 Å². The average Bonchev–Trinajstić information content (AvgIpc) is 3.36. The van der Waals surface area contributed by atoms with Crippen molar-refractivity contribution in [3.8, 4) is 0 Å². The predicted molar refractivity (Wildman–Crippen MR) is 302 cm³/mol. The van der Waals surface area contributed by atoms with Crippen molar-refractivity contribution in [1.29, 1.82) is 0 Å². The molecule has 0 aliphatic rings. The molecule has 0 aromatic heterocycles. The van der Waals surface area contributed by atoms with Gasteiger partial charge in [-0.05, 0) is 128 Å². The summed E-state index contributed by atoms with van der Waals surface area (Å²) in [7, 11) is 0. The highest BCUT2D eigenvalue weighted by Crippen LogP contribution is 2.11. The van der Waals surface area contributed by atoms with Crippen molar-refractivity contribution < 1.29 is 28.6 Å². The molecule has 0 saturated heterocycles. The van der Waals surface area contributed by atoms with Crippen molar-refractivity contribution in [3.63, 3.8) is 0 Å². The molecule has 0 aromatic carbocycles. The number of ether oxygens (including phenoxy) is 3. The standard InChI is InChI=1S/C64H98O6/c1-4-7-10-13-16-19-22-25-27-29-30-31-32-33-34-35-37-39-42-45-48-51-54-57-63(66)69-60-61(59-68-62(65)56-53-50-47-44-41-38-24-21-18-15-12-9-6-3)70-64(67)58-55-52-49-46-43-40-36-28-26-23-20-17-14-11-8-5-2/h7,9-10,12,16,18-21,23,25,27-28,30-31,33-34,36-39,41,45,47-48,50,61H,4-6,8,11,13-15,17,22,24,26,29,32,35,40,42-44,46,49,51-60H2,1-3H3/b10-7-,12-9-,19-16-,21-18-,23-20-,27-25-,31-30-,34-33-,36-28-,39-37-,41-38-,48-45-,50-47-. The van der Waals surface area contributed by atoms with Crippen molar-refractivity contribution >= 4 is 17.9 Å². The smallest absolute Gasteiger partial charge is 0.306 e. The second-order valence-corrected chi connectivity index (χ2v) is 17.4. The van der Waals surface area contributed by atoms with Gasteiger partial charge in [-0.15, -0.1) is 0 Å². The zero-order valence-corrected chi connectivity index (χ0v) is 44.5. The second kappa shape index (κ2) is 56.6. The summed E-state index contributed by atoms with van der Waals surface area (Å²) in [6.45, 7) is 6.24.